The summed E-state index contributed by atoms with van der Waals surface area (Å²) in [4.78, 5) is 9.30. The molecule has 0 fully saturated rings. The smallest absolute Gasteiger partial charge is 0.168 e. The fourth-order valence-corrected chi connectivity index (χ4v) is 2.47. The Morgan fingerprint density at radius 2 is 1.91 bits per heavy atom. The van der Waals surface area contributed by atoms with Gasteiger partial charge in [-0.1, -0.05) is 35.9 Å². The molecule has 4 aromatic rings. The number of fused-ring (bicyclic) bond motifs is 1. The van der Waals surface area contributed by atoms with E-state index in [9.17, 15) is 0 Å². The maximum atomic E-state index is 5.51. The molecule has 0 atom stereocenters. The highest BCUT2D eigenvalue weighted by molar-refractivity contribution is 5.84. The number of pyridine rings is 1. The van der Waals surface area contributed by atoms with E-state index in [0.717, 1.165) is 22.7 Å². The Labute approximate surface area is 133 Å². The molecular weight excluding hydrogens is 286 g/mol. The van der Waals surface area contributed by atoms with Gasteiger partial charge in [-0.05, 0) is 36.8 Å². The summed E-state index contributed by atoms with van der Waals surface area (Å²) in [6.45, 7) is 2.07. The molecule has 4 rings (SSSR count). The van der Waals surface area contributed by atoms with Crippen molar-refractivity contribution in [3.8, 4) is 11.5 Å². The van der Waals surface area contributed by atoms with Crippen molar-refractivity contribution < 1.29 is 4.42 Å². The van der Waals surface area contributed by atoms with Gasteiger partial charge in [0.25, 0.3) is 0 Å². The van der Waals surface area contributed by atoms with Crippen LogP contribution in [0.1, 0.15) is 11.1 Å². The SMILES string of the molecule is Cc1ccc(C=Nc2c(-c3ccco3)nc3ccccn23)cc1. The lowest BCUT2D eigenvalue weighted by molar-refractivity contribution is 0.580. The predicted octanol–water partition coefficient (Wildman–Crippen LogP) is 4.65. The highest BCUT2D eigenvalue weighted by Gasteiger charge is 2.14. The van der Waals surface area contributed by atoms with Crippen LogP contribution in [-0.2, 0) is 0 Å². The second-order valence-electron chi connectivity index (χ2n) is 5.36. The van der Waals surface area contributed by atoms with Crippen LogP contribution in [0.5, 0.6) is 0 Å². The van der Waals surface area contributed by atoms with Crippen LogP contribution < -0.4 is 0 Å². The summed E-state index contributed by atoms with van der Waals surface area (Å²) in [5, 5.41) is 0. The van der Waals surface area contributed by atoms with Crippen LogP contribution in [0, 0.1) is 6.92 Å². The number of nitrogens with zero attached hydrogens (tertiary/aromatic N) is 3. The van der Waals surface area contributed by atoms with Crippen LogP contribution >= 0.6 is 0 Å². The molecule has 1 aromatic carbocycles. The van der Waals surface area contributed by atoms with Crippen molar-refractivity contribution in [2.24, 2.45) is 4.99 Å². The molecule has 0 aliphatic heterocycles. The van der Waals surface area contributed by atoms with Gasteiger partial charge in [0.2, 0.25) is 0 Å². The molecule has 0 saturated heterocycles. The molecule has 0 aliphatic rings. The van der Waals surface area contributed by atoms with Gasteiger partial charge in [-0.25, -0.2) is 9.98 Å². The van der Waals surface area contributed by atoms with Gasteiger partial charge in [0.1, 0.15) is 5.65 Å². The average Bonchev–Trinajstić information content (AvgIpc) is 3.22. The fourth-order valence-electron chi connectivity index (χ4n) is 2.47. The van der Waals surface area contributed by atoms with E-state index in [0.29, 0.717) is 5.76 Å². The van der Waals surface area contributed by atoms with Gasteiger partial charge in [0, 0.05) is 12.4 Å². The molecular formula is C19H15N3O. The molecule has 0 radical (unpaired) electrons. The molecule has 0 aliphatic carbocycles. The molecule has 0 saturated carbocycles. The first-order valence-electron chi connectivity index (χ1n) is 7.43. The van der Waals surface area contributed by atoms with E-state index in [1.54, 1.807) is 6.26 Å². The summed E-state index contributed by atoms with van der Waals surface area (Å²) in [7, 11) is 0. The van der Waals surface area contributed by atoms with Gasteiger partial charge in [0.15, 0.2) is 17.3 Å². The van der Waals surface area contributed by atoms with Crippen molar-refractivity contribution in [3.05, 3.63) is 78.2 Å². The van der Waals surface area contributed by atoms with Gasteiger partial charge in [-0.2, -0.15) is 0 Å². The van der Waals surface area contributed by atoms with Crippen molar-refractivity contribution in [3.63, 3.8) is 0 Å². The number of hydrogen-bond donors (Lipinski definition) is 0. The molecule has 112 valence electrons. The van der Waals surface area contributed by atoms with Crippen LogP contribution in [-0.4, -0.2) is 15.6 Å². The van der Waals surface area contributed by atoms with E-state index in [-0.39, 0.29) is 0 Å². The summed E-state index contributed by atoms with van der Waals surface area (Å²) < 4.78 is 7.47. The molecule has 0 bridgehead atoms. The highest BCUT2D eigenvalue weighted by atomic mass is 16.3. The van der Waals surface area contributed by atoms with Crippen LogP contribution in [0.2, 0.25) is 0 Å². The molecule has 0 spiro atoms. The Hall–Kier alpha value is -3.14. The number of aromatic nitrogens is 2. The average molecular weight is 301 g/mol. The number of imidazole rings is 1. The molecule has 4 heteroatoms. The van der Waals surface area contributed by atoms with E-state index >= 15 is 0 Å². The monoisotopic (exact) mass is 301 g/mol. The second-order valence-corrected chi connectivity index (χ2v) is 5.36. The molecule has 3 heterocycles. The van der Waals surface area contributed by atoms with Crippen LogP contribution in [0.15, 0.2) is 76.5 Å². The summed E-state index contributed by atoms with van der Waals surface area (Å²) in [5.41, 5.74) is 3.86. The number of hydrogen-bond acceptors (Lipinski definition) is 3. The number of benzene rings is 1. The summed E-state index contributed by atoms with van der Waals surface area (Å²) in [6.07, 6.45) is 5.45. The first-order chi connectivity index (χ1) is 11.3. The van der Waals surface area contributed by atoms with Gasteiger partial charge >= 0.3 is 0 Å². The highest BCUT2D eigenvalue weighted by Crippen LogP contribution is 2.31. The molecule has 4 nitrogen and oxygen atoms in total. The third-order valence-electron chi connectivity index (χ3n) is 3.67. The van der Waals surface area contributed by atoms with Crippen LogP contribution in [0.3, 0.4) is 0 Å². The zero-order valence-corrected chi connectivity index (χ0v) is 12.7. The van der Waals surface area contributed by atoms with Crippen molar-refractivity contribution >= 4 is 17.7 Å². The van der Waals surface area contributed by atoms with Gasteiger partial charge in [-0.15, -0.1) is 0 Å². The number of furan rings is 1. The Morgan fingerprint density at radius 3 is 2.70 bits per heavy atom. The fraction of sp³-hybridized carbons (Fsp3) is 0.0526. The molecule has 0 unspecified atom stereocenters. The van der Waals surface area contributed by atoms with E-state index in [4.69, 9.17) is 4.42 Å². The predicted molar refractivity (Wildman–Crippen MR) is 91.3 cm³/mol. The first-order valence-corrected chi connectivity index (χ1v) is 7.43. The van der Waals surface area contributed by atoms with Crippen LogP contribution in [0.4, 0.5) is 5.82 Å². The molecule has 23 heavy (non-hydrogen) atoms. The van der Waals surface area contributed by atoms with Gasteiger partial charge in [-0.3, -0.25) is 4.40 Å². The number of rotatable bonds is 3. The Kier molecular flexibility index (Phi) is 3.27. The van der Waals surface area contributed by atoms with Crippen molar-refractivity contribution in [2.75, 3.05) is 0 Å². The lowest BCUT2D eigenvalue weighted by Gasteiger charge is -1.98. The molecule has 0 N–H and O–H groups in total. The Balaban J connectivity index is 1.84. The van der Waals surface area contributed by atoms with Crippen molar-refractivity contribution in [1.82, 2.24) is 9.38 Å². The zero-order valence-electron chi connectivity index (χ0n) is 12.7. The first kappa shape index (κ1) is 13.5. The minimum Gasteiger partial charge on any atom is -0.463 e. The minimum absolute atomic E-state index is 0.713. The van der Waals surface area contributed by atoms with Crippen LogP contribution in [0.25, 0.3) is 17.1 Å². The standard InChI is InChI=1S/C19H15N3O/c1-14-7-9-15(10-8-14)13-20-19-18(16-5-4-12-23-16)21-17-6-2-3-11-22(17)19/h2-13H,1H3. The number of aliphatic imine (C=N–C) groups is 1. The zero-order chi connectivity index (χ0) is 15.6. The second kappa shape index (κ2) is 5.57. The minimum atomic E-state index is 0.713. The maximum Gasteiger partial charge on any atom is 0.168 e. The topological polar surface area (TPSA) is 42.8 Å². The third kappa shape index (κ3) is 2.55. The maximum absolute atomic E-state index is 5.51. The summed E-state index contributed by atoms with van der Waals surface area (Å²) in [6, 6.07) is 17.9. The van der Waals surface area contributed by atoms with E-state index < -0.39 is 0 Å². The van der Waals surface area contributed by atoms with Gasteiger partial charge < -0.3 is 4.42 Å². The normalized spacial score (nSPS) is 11.5. The lowest BCUT2D eigenvalue weighted by atomic mass is 10.2. The third-order valence-corrected chi connectivity index (χ3v) is 3.67. The number of aryl methyl sites for hydroxylation is 1. The van der Waals surface area contributed by atoms with E-state index in [2.05, 4.69) is 41.2 Å². The van der Waals surface area contributed by atoms with Crippen molar-refractivity contribution in [1.29, 1.82) is 0 Å². The van der Waals surface area contributed by atoms with E-state index in [1.165, 1.54) is 5.56 Å². The lowest BCUT2D eigenvalue weighted by Crippen LogP contribution is -1.85. The quantitative estimate of drug-likeness (QED) is 0.517. The summed E-state index contributed by atoms with van der Waals surface area (Å²) >= 11 is 0. The molecule has 3 aromatic heterocycles. The Morgan fingerprint density at radius 1 is 1.04 bits per heavy atom. The van der Waals surface area contributed by atoms with Crippen molar-refractivity contribution in [2.45, 2.75) is 6.92 Å². The Bertz CT molecular complexity index is 964. The van der Waals surface area contributed by atoms with Gasteiger partial charge in [0.05, 0.1) is 6.26 Å². The summed E-state index contributed by atoms with van der Waals surface area (Å²) in [5.74, 6) is 1.47. The van der Waals surface area contributed by atoms with E-state index in [1.807, 2.05) is 47.1 Å². The largest absolute Gasteiger partial charge is 0.463 e. The molecule has 0 amide bonds.